The molecule has 2 N–H and O–H groups in total. The molecule has 2 aliphatic heterocycles. The van der Waals surface area contributed by atoms with Crippen LogP contribution in [0.3, 0.4) is 0 Å². The monoisotopic (exact) mass is 408 g/mol. The lowest BCUT2D eigenvalue weighted by molar-refractivity contribution is -0.147. The molecule has 7 nitrogen and oxygen atoms in total. The number of carbonyl (C=O) groups is 1. The molecule has 2 aliphatic rings. The number of hydrazine groups is 1. The van der Waals surface area contributed by atoms with E-state index in [1.165, 1.54) is 0 Å². The molecular weight excluding hydrogens is 392 g/mol. The van der Waals surface area contributed by atoms with E-state index in [4.69, 9.17) is 18.6 Å². The Morgan fingerprint density at radius 2 is 2.04 bits per heavy atom. The van der Waals surface area contributed by atoms with Gasteiger partial charge in [0.25, 0.3) is 0 Å². The van der Waals surface area contributed by atoms with Gasteiger partial charge in [0, 0.05) is 10.0 Å². The fourth-order valence-electron chi connectivity index (χ4n) is 2.85. The minimum Gasteiger partial charge on any atom is -0.486 e. The van der Waals surface area contributed by atoms with Gasteiger partial charge in [0.15, 0.2) is 11.5 Å². The minimum absolute atomic E-state index is 0.0476. The smallest absolute Gasteiger partial charge is 0.324 e. The SMILES string of the molecule is O=C(OCc1cc2c(cc1Br)OCCO2)C1CC(c2ccco2)NN1. The van der Waals surface area contributed by atoms with Crippen LogP contribution in [0.2, 0.25) is 0 Å². The summed E-state index contributed by atoms with van der Waals surface area (Å²) in [7, 11) is 0. The van der Waals surface area contributed by atoms with Crippen LogP contribution in [-0.2, 0) is 16.1 Å². The molecule has 0 aliphatic carbocycles. The zero-order valence-electron chi connectivity index (χ0n) is 13.3. The van der Waals surface area contributed by atoms with Gasteiger partial charge in [-0.1, -0.05) is 15.9 Å². The molecule has 2 unspecified atom stereocenters. The average molecular weight is 409 g/mol. The molecule has 1 fully saturated rings. The maximum atomic E-state index is 12.3. The molecule has 1 aromatic heterocycles. The van der Waals surface area contributed by atoms with Crippen molar-refractivity contribution in [3.05, 3.63) is 46.3 Å². The van der Waals surface area contributed by atoms with Crippen molar-refractivity contribution in [2.24, 2.45) is 0 Å². The molecule has 1 saturated heterocycles. The van der Waals surface area contributed by atoms with E-state index < -0.39 is 6.04 Å². The highest BCUT2D eigenvalue weighted by Crippen LogP contribution is 2.36. The number of carbonyl (C=O) groups excluding carboxylic acids is 1. The zero-order chi connectivity index (χ0) is 17.2. The molecule has 0 amide bonds. The summed E-state index contributed by atoms with van der Waals surface area (Å²) in [6.45, 7) is 1.20. The first-order valence-electron chi connectivity index (χ1n) is 8.00. The Balaban J connectivity index is 1.36. The average Bonchev–Trinajstić information content (AvgIpc) is 3.30. The van der Waals surface area contributed by atoms with Crippen molar-refractivity contribution in [3.8, 4) is 11.5 Å². The highest BCUT2D eigenvalue weighted by molar-refractivity contribution is 9.10. The lowest BCUT2D eigenvalue weighted by atomic mass is 10.1. The second-order valence-electron chi connectivity index (χ2n) is 5.84. The van der Waals surface area contributed by atoms with E-state index in [2.05, 4.69) is 26.8 Å². The summed E-state index contributed by atoms with van der Waals surface area (Å²) in [6.07, 6.45) is 2.18. The van der Waals surface area contributed by atoms with Crippen molar-refractivity contribution < 1.29 is 23.4 Å². The Morgan fingerprint density at radius 3 is 2.80 bits per heavy atom. The van der Waals surface area contributed by atoms with Gasteiger partial charge in [-0.05, 0) is 30.7 Å². The number of benzene rings is 1. The molecule has 4 rings (SSSR count). The Bertz CT molecular complexity index is 765. The molecule has 132 valence electrons. The van der Waals surface area contributed by atoms with Crippen LogP contribution in [0.5, 0.6) is 11.5 Å². The molecule has 25 heavy (non-hydrogen) atoms. The number of rotatable bonds is 4. The van der Waals surface area contributed by atoms with E-state index in [1.807, 2.05) is 24.3 Å². The van der Waals surface area contributed by atoms with E-state index >= 15 is 0 Å². The summed E-state index contributed by atoms with van der Waals surface area (Å²) in [4.78, 5) is 12.3. The zero-order valence-corrected chi connectivity index (χ0v) is 14.9. The fourth-order valence-corrected chi connectivity index (χ4v) is 3.29. The Kier molecular flexibility index (Phi) is 4.65. The van der Waals surface area contributed by atoms with Crippen LogP contribution >= 0.6 is 15.9 Å². The molecule has 8 heteroatoms. The summed E-state index contributed by atoms with van der Waals surface area (Å²) in [5.74, 6) is 1.83. The summed E-state index contributed by atoms with van der Waals surface area (Å²) in [5.41, 5.74) is 6.83. The van der Waals surface area contributed by atoms with Gasteiger partial charge in [0.2, 0.25) is 0 Å². The standard InChI is InChI=1S/C17H17BrN2O5/c18-11-7-16-15(23-4-5-24-16)6-10(11)9-25-17(21)13-8-12(19-20-13)14-2-1-3-22-14/h1-3,6-7,12-13,19-20H,4-5,8-9H2. The molecule has 0 saturated carbocycles. The number of ether oxygens (including phenoxy) is 3. The molecule has 1 aromatic carbocycles. The maximum Gasteiger partial charge on any atom is 0.324 e. The van der Waals surface area contributed by atoms with Crippen LogP contribution in [0, 0.1) is 0 Å². The van der Waals surface area contributed by atoms with Crippen LogP contribution in [0.15, 0.2) is 39.4 Å². The summed E-state index contributed by atoms with van der Waals surface area (Å²) in [6, 6.07) is 6.89. The van der Waals surface area contributed by atoms with Crippen LogP contribution < -0.4 is 20.3 Å². The number of hydrogen-bond acceptors (Lipinski definition) is 7. The van der Waals surface area contributed by atoms with Gasteiger partial charge in [-0.15, -0.1) is 0 Å². The maximum absolute atomic E-state index is 12.3. The summed E-state index contributed by atoms with van der Waals surface area (Å²) in [5, 5.41) is 0. The van der Waals surface area contributed by atoms with E-state index in [0.717, 1.165) is 15.8 Å². The molecule has 2 atom stereocenters. The number of esters is 1. The van der Waals surface area contributed by atoms with Crippen molar-refractivity contribution in [3.63, 3.8) is 0 Å². The van der Waals surface area contributed by atoms with Crippen LogP contribution in [0.4, 0.5) is 0 Å². The second-order valence-corrected chi connectivity index (χ2v) is 6.69. The van der Waals surface area contributed by atoms with Crippen molar-refractivity contribution >= 4 is 21.9 Å². The number of furan rings is 1. The van der Waals surface area contributed by atoms with Gasteiger partial charge in [0.1, 0.15) is 31.6 Å². The Labute approximate surface area is 152 Å². The van der Waals surface area contributed by atoms with E-state index in [-0.39, 0.29) is 18.6 Å². The van der Waals surface area contributed by atoms with Crippen LogP contribution in [0.25, 0.3) is 0 Å². The first kappa shape index (κ1) is 16.4. The quantitative estimate of drug-likeness (QED) is 0.751. The third-order valence-electron chi connectivity index (χ3n) is 4.16. The van der Waals surface area contributed by atoms with Crippen molar-refractivity contribution in [2.75, 3.05) is 13.2 Å². The minimum atomic E-state index is -0.425. The van der Waals surface area contributed by atoms with Gasteiger partial charge in [-0.2, -0.15) is 0 Å². The van der Waals surface area contributed by atoms with Gasteiger partial charge in [-0.25, -0.2) is 10.9 Å². The Morgan fingerprint density at radius 1 is 1.24 bits per heavy atom. The number of fused-ring (bicyclic) bond motifs is 1. The second kappa shape index (κ2) is 7.07. The van der Waals surface area contributed by atoms with Crippen molar-refractivity contribution in [2.45, 2.75) is 25.1 Å². The van der Waals surface area contributed by atoms with Gasteiger partial charge >= 0.3 is 5.97 Å². The molecule has 0 radical (unpaired) electrons. The normalized spacial score (nSPS) is 22.0. The van der Waals surface area contributed by atoms with Crippen molar-refractivity contribution in [1.29, 1.82) is 0 Å². The predicted octanol–water partition coefficient (Wildman–Crippen LogP) is 2.46. The van der Waals surface area contributed by atoms with Crippen molar-refractivity contribution in [1.82, 2.24) is 10.9 Å². The third-order valence-corrected chi connectivity index (χ3v) is 4.89. The number of halogens is 1. The van der Waals surface area contributed by atoms with Gasteiger partial charge in [0.05, 0.1) is 12.3 Å². The van der Waals surface area contributed by atoms with Gasteiger partial charge in [-0.3, -0.25) is 4.79 Å². The van der Waals surface area contributed by atoms with Gasteiger partial charge < -0.3 is 18.6 Å². The van der Waals surface area contributed by atoms with E-state index in [1.54, 1.807) is 6.26 Å². The lowest BCUT2D eigenvalue weighted by Gasteiger charge is -2.20. The molecule has 0 spiro atoms. The summed E-state index contributed by atoms with van der Waals surface area (Å²) >= 11 is 3.48. The first-order chi connectivity index (χ1) is 12.2. The fraction of sp³-hybridized carbons (Fsp3) is 0.353. The highest BCUT2D eigenvalue weighted by atomic mass is 79.9. The van der Waals surface area contributed by atoms with Crippen LogP contribution in [-0.4, -0.2) is 25.2 Å². The highest BCUT2D eigenvalue weighted by Gasteiger charge is 2.32. The largest absolute Gasteiger partial charge is 0.486 e. The first-order valence-corrected chi connectivity index (χ1v) is 8.79. The molecule has 3 heterocycles. The van der Waals surface area contributed by atoms with Crippen LogP contribution in [0.1, 0.15) is 23.8 Å². The topological polar surface area (TPSA) is 82.0 Å². The molecule has 0 bridgehead atoms. The molecular formula is C17H17BrN2O5. The predicted molar refractivity (Wildman–Crippen MR) is 91.1 cm³/mol. The number of nitrogens with one attached hydrogen (secondary N) is 2. The lowest BCUT2D eigenvalue weighted by Crippen LogP contribution is -2.37. The number of hydrogen-bond donors (Lipinski definition) is 2. The van der Waals surface area contributed by atoms with E-state index in [9.17, 15) is 4.79 Å². The Hall–Kier alpha value is -2.03. The summed E-state index contributed by atoms with van der Waals surface area (Å²) < 4.78 is 22.7. The van der Waals surface area contributed by atoms with E-state index in [0.29, 0.717) is 31.1 Å². The molecule has 2 aromatic rings. The third kappa shape index (κ3) is 3.51.